The molecule has 1 aromatic carbocycles. The summed E-state index contributed by atoms with van der Waals surface area (Å²) in [5.41, 5.74) is 1.04. The predicted octanol–water partition coefficient (Wildman–Crippen LogP) is 5.23. The Morgan fingerprint density at radius 1 is 1.00 bits per heavy atom. The van der Waals surface area contributed by atoms with Crippen molar-refractivity contribution in [2.45, 2.75) is 62.0 Å². The van der Waals surface area contributed by atoms with Crippen molar-refractivity contribution < 1.29 is 19.3 Å². The number of phenolic OH excluding ortho intramolecular Hbond substituents is 1. The molecule has 2 aliphatic heterocycles. The predicted molar refractivity (Wildman–Crippen MR) is 116 cm³/mol. The maximum Gasteiger partial charge on any atom is 0.118 e. The van der Waals surface area contributed by atoms with Crippen LogP contribution in [-0.2, 0) is 20.6 Å². The highest BCUT2D eigenvalue weighted by Gasteiger charge is 2.26. The van der Waals surface area contributed by atoms with Crippen molar-refractivity contribution in [3.05, 3.63) is 29.8 Å². The molecule has 2 aliphatic rings. The van der Waals surface area contributed by atoms with Crippen molar-refractivity contribution in [1.82, 2.24) is 0 Å². The number of ether oxygens (including phenoxy) is 3. The Morgan fingerprint density at radius 3 is 2.19 bits per heavy atom. The number of hydrogen-bond acceptors (Lipinski definition) is 4. The zero-order valence-corrected chi connectivity index (χ0v) is 19.1. The number of para-hydroxylation sites is 1. The molecule has 1 N–H and O–H groups in total. The number of phenols is 1. The first kappa shape index (κ1) is 23.1. The lowest BCUT2D eigenvalue weighted by atomic mass is 10.0. The summed E-state index contributed by atoms with van der Waals surface area (Å²) in [4.78, 5) is 0.474. The van der Waals surface area contributed by atoms with Gasteiger partial charge in [0, 0.05) is 10.2 Å². The molecular formula is C21H32Br2O4. The van der Waals surface area contributed by atoms with E-state index < -0.39 is 0 Å². The van der Waals surface area contributed by atoms with Gasteiger partial charge < -0.3 is 19.3 Å². The number of alkyl halides is 2. The molecule has 0 aliphatic carbocycles. The maximum atomic E-state index is 9.70. The summed E-state index contributed by atoms with van der Waals surface area (Å²) in [5, 5.41) is 10.8. The van der Waals surface area contributed by atoms with Crippen molar-refractivity contribution in [3.63, 3.8) is 0 Å². The van der Waals surface area contributed by atoms with Crippen molar-refractivity contribution in [2.75, 3.05) is 31.8 Å². The van der Waals surface area contributed by atoms with Gasteiger partial charge in [-0.05, 0) is 30.9 Å². The van der Waals surface area contributed by atoms with Crippen molar-refractivity contribution in [1.29, 1.82) is 0 Å². The molecule has 154 valence electrons. The standard InChI is InChI=1S/C15H22Br2O.C6H10O3/c16-11-7-3-1-2-4-9-14(17)12-13-8-5-6-10-15(13)18;1(5-3-8-5)7-2-6-4-9-6/h5-6,8,10,14,18H,1-4,7,9,11-12H2;5-6H,1-4H2. The lowest BCUT2D eigenvalue weighted by molar-refractivity contribution is 0.102. The quantitative estimate of drug-likeness (QED) is 0.225. The van der Waals surface area contributed by atoms with Crippen LogP contribution in [0, 0.1) is 0 Å². The van der Waals surface area contributed by atoms with Gasteiger partial charge in [-0.15, -0.1) is 0 Å². The van der Waals surface area contributed by atoms with Gasteiger partial charge in [0.25, 0.3) is 0 Å². The third-order valence-corrected chi connectivity index (χ3v) is 5.84. The van der Waals surface area contributed by atoms with Crippen LogP contribution in [0.25, 0.3) is 0 Å². The summed E-state index contributed by atoms with van der Waals surface area (Å²) in [5.74, 6) is 0.416. The van der Waals surface area contributed by atoms with Gasteiger partial charge in [0.15, 0.2) is 0 Å². The summed E-state index contributed by atoms with van der Waals surface area (Å²) >= 11 is 7.17. The minimum atomic E-state index is 0.392. The second kappa shape index (κ2) is 13.9. The van der Waals surface area contributed by atoms with Crippen LogP contribution in [0.15, 0.2) is 24.3 Å². The fourth-order valence-corrected chi connectivity index (χ4v) is 3.74. The van der Waals surface area contributed by atoms with Crippen LogP contribution in [0.4, 0.5) is 0 Å². The average molecular weight is 508 g/mol. The number of aromatic hydroxyl groups is 1. The number of benzene rings is 1. The fraction of sp³-hybridized carbons (Fsp3) is 0.714. The molecule has 27 heavy (non-hydrogen) atoms. The Balaban J connectivity index is 0.000000239. The van der Waals surface area contributed by atoms with Crippen LogP contribution in [0.1, 0.15) is 44.1 Å². The first-order valence-corrected chi connectivity index (χ1v) is 12.0. The Hall–Kier alpha value is -0.140. The van der Waals surface area contributed by atoms with Crippen molar-refractivity contribution in [3.8, 4) is 5.75 Å². The lowest BCUT2D eigenvalue weighted by Crippen LogP contribution is -2.06. The van der Waals surface area contributed by atoms with Gasteiger partial charge in [-0.2, -0.15) is 0 Å². The maximum absolute atomic E-state index is 9.70. The minimum absolute atomic E-state index is 0.392. The first-order valence-electron chi connectivity index (χ1n) is 9.97. The molecule has 0 spiro atoms. The molecular weight excluding hydrogens is 476 g/mol. The van der Waals surface area contributed by atoms with E-state index in [0.717, 1.165) is 43.7 Å². The van der Waals surface area contributed by atoms with E-state index in [-0.39, 0.29) is 0 Å². The van der Waals surface area contributed by atoms with Gasteiger partial charge in [0.2, 0.25) is 0 Å². The summed E-state index contributed by atoms with van der Waals surface area (Å²) in [6, 6.07) is 7.61. The van der Waals surface area contributed by atoms with E-state index in [9.17, 15) is 5.11 Å². The van der Waals surface area contributed by atoms with E-state index in [0.29, 0.717) is 22.8 Å². The summed E-state index contributed by atoms with van der Waals surface area (Å²) in [6.45, 7) is 3.26. The lowest BCUT2D eigenvalue weighted by Gasteiger charge is -2.10. The smallest absolute Gasteiger partial charge is 0.118 e. The number of unbranched alkanes of at least 4 members (excludes halogenated alkanes) is 4. The molecule has 3 atom stereocenters. The summed E-state index contributed by atoms with van der Waals surface area (Å²) in [7, 11) is 0. The zero-order valence-electron chi connectivity index (χ0n) is 16.0. The molecule has 6 heteroatoms. The molecule has 4 nitrogen and oxygen atoms in total. The topological polar surface area (TPSA) is 54.5 Å². The number of rotatable bonds is 13. The molecule has 0 aromatic heterocycles. The highest BCUT2D eigenvalue weighted by molar-refractivity contribution is 9.09. The molecule has 2 heterocycles. The Labute approximate surface area is 180 Å². The normalized spacial score (nSPS) is 21.3. The van der Waals surface area contributed by atoms with Gasteiger partial charge in [-0.3, -0.25) is 0 Å². The van der Waals surface area contributed by atoms with Crippen LogP contribution in [-0.4, -0.2) is 53.9 Å². The van der Waals surface area contributed by atoms with Gasteiger partial charge in [-0.25, -0.2) is 0 Å². The molecule has 0 saturated carbocycles. The van der Waals surface area contributed by atoms with Crippen LogP contribution < -0.4 is 0 Å². The van der Waals surface area contributed by atoms with E-state index in [1.54, 1.807) is 6.07 Å². The van der Waals surface area contributed by atoms with Crippen molar-refractivity contribution >= 4 is 31.9 Å². The molecule has 1 aromatic rings. The fourth-order valence-electron chi connectivity index (χ4n) is 2.67. The molecule has 2 saturated heterocycles. The van der Waals surface area contributed by atoms with E-state index in [4.69, 9.17) is 14.2 Å². The van der Waals surface area contributed by atoms with Gasteiger partial charge in [0.05, 0.1) is 26.4 Å². The van der Waals surface area contributed by atoms with Crippen LogP contribution in [0.3, 0.4) is 0 Å². The molecule has 3 rings (SSSR count). The third-order valence-electron chi connectivity index (χ3n) is 4.50. The Morgan fingerprint density at radius 2 is 1.59 bits per heavy atom. The molecule has 0 radical (unpaired) electrons. The number of hydrogen-bond donors (Lipinski definition) is 1. The molecule has 2 fully saturated rings. The monoisotopic (exact) mass is 506 g/mol. The largest absolute Gasteiger partial charge is 0.508 e. The SMILES string of the molecule is C(OCC1CO1)C1CO1.Oc1ccccc1CC(Br)CCCCCCCBr. The van der Waals surface area contributed by atoms with Crippen LogP contribution in [0.5, 0.6) is 5.75 Å². The molecule has 0 amide bonds. The van der Waals surface area contributed by atoms with Crippen LogP contribution in [0.2, 0.25) is 0 Å². The van der Waals surface area contributed by atoms with Gasteiger partial charge in [0.1, 0.15) is 18.0 Å². The first-order chi connectivity index (χ1) is 13.2. The Bertz CT molecular complexity index is 495. The van der Waals surface area contributed by atoms with Gasteiger partial charge >= 0.3 is 0 Å². The second-order valence-electron chi connectivity index (χ2n) is 7.12. The highest BCUT2D eigenvalue weighted by Crippen LogP contribution is 2.23. The number of halogens is 2. The summed E-state index contributed by atoms with van der Waals surface area (Å²) < 4.78 is 15.1. The summed E-state index contributed by atoms with van der Waals surface area (Å²) in [6.07, 6.45) is 9.42. The van der Waals surface area contributed by atoms with Crippen LogP contribution >= 0.6 is 31.9 Å². The molecule has 0 bridgehead atoms. The van der Waals surface area contributed by atoms with E-state index in [1.165, 1.54) is 38.5 Å². The molecule has 3 unspecified atom stereocenters. The second-order valence-corrected chi connectivity index (χ2v) is 9.21. The number of epoxide rings is 2. The highest BCUT2D eigenvalue weighted by atomic mass is 79.9. The van der Waals surface area contributed by atoms with Crippen molar-refractivity contribution in [2.24, 2.45) is 0 Å². The van der Waals surface area contributed by atoms with E-state index in [1.807, 2.05) is 18.2 Å². The van der Waals surface area contributed by atoms with E-state index >= 15 is 0 Å². The zero-order chi connectivity index (χ0) is 19.3. The minimum Gasteiger partial charge on any atom is -0.508 e. The van der Waals surface area contributed by atoms with E-state index in [2.05, 4.69) is 31.9 Å². The average Bonchev–Trinajstić information content (AvgIpc) is 3.56. The Kier molecular flexibility index (Phi) is 11.9. The van der Waals surface area contributed by atoms with Gasteiger partial charge in [-0.1, -0.05) is 75.7 Å². The third kappa shape index (κ3) is 12.1.